The second-order valence-corrected chi connectivity index (χ2v) is 7.19. The maximum absolute atomic E-state index is 12.4. The van der Waals surface area contributed by atoms with Gasteiger partial charge < -0.3 is 5.73 Å². The molecule has 1 aromatic carbocycles. The predicted molar refractivity (Wildman–Crippen MR) is 79.7 cm³/mol. The van der Waals surface area contributed by atoms with E-state index in [1.807, 2.05) is 0 Å². The zero-order valence-corrected chi connectivity index (χ0v) is 13.2. The summed E-state index contributed by atoms with van der Waals surface area (Å²) in [5, 5.41) is 4.66. The molecule has 0 radical (unpaired) electrons. The number of nitrogens with two attached hydrogens (primary N) is 1. The molecule has 0 saturated heterocycles. The summed E-state index contributed by atoms with van der Waals surface area (Å²) >= 11 is 11.9. The van der Waals surface area contributed by atoms with Gasteiger partial charge in [-0.25, -0.2) is 8.42 Å². The van der Waals surface area contributed by atoms with Gasteiger partial charge in [0.15, 0.2) is 9.84 Å². The number of anilines is 1. The Hall–Kier alpha value is -1.24. The van der Waals surface area contributed by atoms with Gasteiger partial charge in [-0.05, 0) is 25.1 Å². The van der Waals surface area contributed by atoms with Gasteiger partial charge in [0.25, 0.3) is 0 Å². The van der Waals surface area contributed by atoms with Crippen LogP contribution in [0.25, 0.3) is 0 Å². The number of sulfone groups is 1. The third kappa shape index (κ3) is 2.77. The molecule has 8 heteroatoms. The fourth-order valence-electron chi connectivity index (χ4n) is 1.80. The molecule has 0 fully saturated rings. The lowest BCUT2D eigenvalue weighted by molar-refractivity contribution is 0.591. The maximum Gasteiger partial charge on any atom is 0.184 e. The number of nitrogens with zero attached hydrogens (tertiary/aromatic N) is 2. The Morgan fingerprint density at radius 3 is 2.50 bits per heavy atom. The SMILES string of the molecule is Cc1nn(C)c(CS(=O)(=O)c2ccc(N)c(Cl)c2)c1Cl. The Kier molecular flexibility index (Phi) is 4.00. The van der Waals surface area contributed by atoms with Gasteiger partial charge in [0, 0.05) is 7.05 Å². The van der Waals surface area contributed by atoms with Gasteiger partial charge in [0.05, 0.1) is 37.8 Å². The number of benzene rings is 1. The molecule has 0 bridgehead atoms. The molecule has 0 spiro atoms. The van der Waals surface area contributed by atoms with E-state index in [1.54, 1.807) is 14.0 Å². The first-order valence-electron chi connectivity index (χ1n) is 5.68. The van der Waals surface area contributed by atoms with E-state index in [1.165, 1.54) is 22.9 Å². The highest BCUT2D eigenvalue weighted by Gasteiger charge is 2.22. The third-order valence-corrected chi connectivity index (χ3v) is 5.36. The first kappa shape index (κ1) is 15.2. The topological polar surface area (TPSA) is 78.0 Å². The van der Waals surface area contributed by atoms with Gasteiger partial charge in [-0.3, -0.25) is 4.68 Å². The Morgan fingerprint density at radius 2 is 2.00 bits per heavy atom. The van der Waals surface area contributed by atoms with Gasteiger partial charge in [0.1, 0.15) is 0 Å². The summed E-state index contributed by atoms with van der Waals surface area (Å²) in [6.07, 6.45) is 0. The largest absolute Gasteiger partial charge is 0.398 e. The molecule has 0 atom stereocenters. The highest BCUT2D eigenvalue weighted by molar-refractivity contribution is 7.90. The van der Waals surface area contributed by atoms with Crippen molar-refractivity contribution in [3.8, 4) is 0 Å². The highest BCUT2D eigenvalue weighted by Crippen LogP contribution is 2.27. The van der Waals surface area contributed by atoms with Crippen LogP contribution in [-0.4, -0.2) is 18.2 Å². The molecular formula is C12H13Cl2N3O2S. The Balaban J connectivity index is 2.43. The minimum absolute atomic E-state index is 0.103. The van der Waals surface area contributed by atoms with Crippen LogP contribution < -0.4 is 5.73 Å². The number of rotatable bonds is 3. The normalized spacial score (nSPS) is 11.8. The Labute approximate surface area is 127 Å². The van der Waals surface area contributed by atoms with Crippen molar-refractivity contribution in [3.63, 3.8) is 0 Å². The number of hydrogen-bond donors (Lipinski definition) is 1. The van der Waals surface area contributed by atoms with Crippen LogP contribution in [0.15, 0.2) is 23.1 Å². The van der Waals surface area contributed by atoms with Crippen LogP contribution in [0.3, 0.4) is 0 Å². The zero-order chi connectivity index (χ0) is 15.1. The summed E-state index contributed by atoms with van der Waals surface area (Å²) in [5.41, 5.74) is 6.94. The van der Waals surface area contributed by atoms with Gasteiger partial charge in [-0.15, -0.1) is 0 Å². The number of aryl methyl sites for hydroxylation is 2. The molecule has 0 aliphatic carbocycles. The fourth-order valence-corrected chi connectivity index (χ4v) is 3.78. The average molecular weight is 334 g/mol. The molecule has 20 heavy (non-hydrogen) atoms. The summed E-state index contributed by atoms with van der Waals surface area (Å²) in [4.78, 5) is 0.103. The monoisotopic (exact) mass is 333 g/mol. The van der Waals surface area contributed by atoms with Crippen LogP contribution in [0.1, 0.15) is 11.4 Å². The van der Waals surface area contributed by atoms with E-state index >= 15 is 0 Å². The van der Waals surface area contributed by atoms with Crippen molar-refractivity contribution >= 4 is 38.7 Å². The van der Waals surface area contributed by atoms with E-state index in [0.29, 0.717) is 22.1 Å². The van der Waals surface area contributed by atoms with Crippen molar-refractivity contribution < 1.29 is 8.42 Å². The minimum Gasteiger partial charge on any atom is -0.398 e. The average Bonchev–Trinajstić information content (AvgIpc) is 2.59. The molecule has 0 unspecified atom stereocenters. The quantitative estimate of drug-likeness (QED) is 0.875. The summed E-state index contributed by atoms with van der Waals surface area (Å²) in [7, 11) is -1.92. The molecule has 0 saturated carbocycles. The second kappa shape index (κ2) is 5.27. The first-order valence-corrected chi connectivity index (χ1v) is 8.09. The first-order chi connectivity index (χ1) is 9.22. The van der Waals surface area contributed by atoms with Crippen molar-refractivity contribution in [2.24, 2.45) is 7.05 Å². The van der Waals surface area contributed by atoms with E-state index in [4.69, 9.17) is 28.9 Å². The van der Waals surface area contributed by atoms with E-state index in [0.717, 1.165) is 0 Å². The highest BCUT2D eigenvalue weighted by atomic mass is 35.5. The number of halogens is 2. The molecule has 0 amide bonds. The van der Waals surface area contributed by atoms with Crippen LogP contribution in [0.2, 0.25) is 10.0 Å². The summed E-state index contributed by atoms with van der Waals surface area (Å²) in [5.74, 6) is -0.247. The van der Waals surface area contributed by atoms with Crippen LogP contribution in [-0.2, 0) is 22.6 Å². The van der Waals surface area contributed by atoms with Crippen molar-refractivity contribution in [2.45, 2.75) is 17.6 Å². The van der Waals surface area contributed by atoms with E-state index < -0.39 is 9.84 Å². The molecule has 108 valence electrons. The standard InChI is InChI=1S/C12H13Cl2N3O2S/c1-7-12(14)11(17(2)16-7)6-20(18,19)8-3-4-10(15)9(13)5-8/h3-5H,6,15H2,1-2H3. The van der Waals surface area contributed by atoms with E-state index in [2.05, 4.69) is 5.10 Å². The van der Waals surface area contributed by atoms with E-state index in [9.17, 15) is 8.42 Å². The summed E-state index contributed by atoms with van der Waals surface area (Å²) < 4.78 is 26.2. The lowest BCUT2D eigenvalue weighted by atomic mass is 10.3. The third-order valence-electron chi connectivity index (χ3n) is 2.92. The lowest BCUT2D eigenvalue weighted by Gasteiger charge is -2.07. The van der Waals surface area contributed by atoms with Crippen LogP contribution in [0, 0.1) is 6.92 Å². The molecule has 5 nitrogen and oxygen atoms in total. The Morgan fingerprint density at radius 1 is 1.35 bits per heavy atom. The molecule has 2 N–H and O–H groups in total. The zero-order valence-electron chi connectivity index (χ0n) is 10.9. The van der Waals surface area contributed by atoms with Gasteiger partial charge >= 0.3 is 0 Å². The van der Waals surface area contributed by atoms with Crippen molar-refractivity contribution in [2.75, 3.05) is 5.73 Å². The van der Waals surface area contributed by atoms with Gasteiger partial charge in [-0.2, -0.15) is 5.10 Å². The van der Waals surface area contributed by atoms with Crippen LogP contribution in [0.4, 0.5) is 5.69 Å². The molecule has 0 aliphatic rings. The van der Waals surface area contributed by atoms with Crippen LogP contribution in [0.5, 0.6) is 0 Å². The van der Waals surface area contributed by atoms with Gasteiger partial charge in [0.2, 0.25) is 0 Å². The van der Waals surface area contributed by atoms with Gasteiger partial charge in [-0.1, -0.05) is 23.2 Å². The molecule has 2 rings (SSSR count). The molecule has 0 aliphatic heterocycles. The fraction of sp³-hybridized carbons (Fsp3) is 0.250. The number of aromatic nitrogens is 2. The molecule has 2 aromatic rings. The van der Waals surface area contributed by atoms with Crippen molar-refractivity contribution in [1.82, 2.24) is 9.78 Å². The molecular weight excluding hydrogens is 321 g/mol. The predicted octanol–water partition coefficient (Wildman–Crippen LogP) is 2.59. The lowest BCUT2D eigenvalue weighted by Crippen LogP contribution is -2.09. The smallest absolute Gasteiger partial charge is 0.184 e. The number of nitrogen functional groups attached to an aromatic ring is 1. The van der Waals surface area contributed by atoms with E-state index in [-0.39, 0.29) is 15.7 Å². The summed E-state index contributed by atoms with van der Waals surface area (Å²) in [6, 6.07) is 4.22. The Bertz CT molecular complexity index is 769. The van der Waals surface area contributed by atoms with Crippen LogP contribution >= 0.6 is 23.2 Å². The number of hydrogen-bond acceptors (Lipinski definition) is 4. The second-order valence-electron chi connectivity index (χ2n) is 4.41. The minimum atomic E-state index is -3.57. The van der Waals surface area contributed by atoms with Crippen molar-refractivity contribution in [3.05, 3.63) is 39.6 Å². The van der Waals surface area contributed by atoms with Crippen molar-refractivity contribution in [1.29, 1.82) is 0 Å². The summed E-state index contributed by atoms with van der Waals surface area (Å²) in [6.45, 7) is 1.72. The maximum atomic E-state index is 12.4. The molecule has 1 heterocycles. The molecule has 1 aromatic heterocycles.